The molecule has 0 aliphatic heterocycles. The van der Waals surface area contributed by atoms with Gasteiger partial charge in [0.15, 0.2) is 5.78 Å². The summed E-state index contributed by atoms with van der Waals surface area (Å²) in [5, 5.41) is 19.5. The molecule has 1 aromatic carbocycles. The number of nitro benzene ring substituents is 1. The van der Waals surface area contributed by atoms with Gasteiger partial charge < -0.3 is 5.11 Å². The number of Topliss-reactive ketones (excluding diaryl/α,β-unsaturated/α-hetero) is 1. The van der Waals surface area contributed by atoms with Crippen molar-refractivity contribution in [2.45, 2.75) is 6.92 Å². The highest BCUT2D eigenvalue weighted by molar-refractivity contribution is 5.97. The van der Waals surface area contributed by atoms with Gasteiger partial charge in [-0.3, -0.25) is 14.9 Å². The molecule has 0 aliphatic carbocycles. The zero-order valence-corrected chi connectivity index (χ0v) is 7.15. The Balaban J connectivity index is 3.49. The average Bonchev–Trinajstić information content (AvgIpc) is 2.02. The van der Waals surface area contributed by atoms with E-state index in [2.05, 4.69) is 0 Å². The van der Waals surface area contributed by atoms with Gasteiger partial charge in [-0.1, -0.05) is 0 Å². The maximum atomic E-state index is 12.8. The fraction of sp³-hybridized carbons (Fsp3) is 0.125. The Kier molecular flexibility index (Phi) is 2.46. The summed E-state index contributed by atoms with van der Waals surface area (Å²) in [4.78, 5) is 20.1. The number of benzene rings is 1. The SMILES string of the molecule is CC(=O)c1ccc(F)c([N+](=O)[O-])c1O. The Hall–Kier alpha value is -1.98. The lowest BCUT2D eigenvalue weighted by Crippen LogP contribution is -1.99. The third kappa shape index (κ3) is 1.54. The zero-order chi connectivity index (χ0) is 10.9. The van der Waals surface area contributed by atoms with Crippen molar-refractivity contribution in [2.24, 2.45) is 0 Å². The molecule has 0 atom stereocenters. The highest BCUT2D eigenvalue weighted by atomic mass is 19.1. The van der Waals surface area contributed by atoms with Crippen LogP contribution in [-0.4, -0.2) is 15.8 Å². The number of ketones is 1. The van der Waals surface area contributed by atoms with Crippen LogP contribution in [-0.2, 0) is 0 Å². The van der Waals surface area contributed by atoms with Crippen LogP contribution < -0.4 is 0 Å². The van der Waals surface area contributed by atoms with Gasteiger partial charge in [-0.05, 0) is 19.1 Å². The van der Waals surface area contributed by atoms with Crippen LogP contribution in [0.25, 0.3) is 0 Å². The molecule has 74 valence electrons. The lowest BCUT2D eigenvalue weighted by atomic mass is 10.1. The number of hydrogen-bond acceptors (Lipinski definition) is 4. The van der Waals surface area contributed by atoms with Gasteiger partial charge >= 0.3 is 5.69 Å². The van der Waals surface area contributed by atoms with Gasteiger partial charge in [-0.25, -0.2) is 0 Å². The van der Waals surface area contributed by atoms with Gasteiger partial charge in [0.1, 0.15) is 0 Å². The minimum absolute atomic E-state index is 0.266. The minimum atomic E-state index is -1.17. The molecule has 0 saturated carbocycles. The van der Waals surface area contributed by atoms with Crippen LogP contribution in [0.5, 0.6) is 5.75 Å². The van der Waals surface area contributed by atoms with Crippen molar-refractivity contribution in [3.8, 4) is 5.75 Å². The van der Waals surface area contributed by atoms with E-state index in [1.165, 1.54) is 0 Å². The fourth-order valence-electron chi connectivity index (χ4n) is 1.01. The predicted molar refractivity (Wildman–Crippen MR) is 44.7 cm³/mol. The number of nitro groups is 1. The standard InChI is InChI=1S/C8H6FNO4/c1-4(11)5-2-3-6(9)7(8(5)12)10(13)14/h2-3,12H,1H3. The highest BCUT2D eigenvalue weighted by Gasteiger charge is 2.24. The van der Waals surface area contributed by atoms with Crippen molar-refractivity contribution >= 4 is 11.5 Å². The van der Waals surface area contributed by atoms with E-state index in [-0.39, 0.29) is 5.56 Å². The third-order valence-corrected chi connectivity index (χ3v) is 1.66. The predicted octanol–water partition coefficient (Wildman–Crippen LogP) is 1.64. The molecule has 0 amide bonds. The second-order valence-electron chi connectivity index (χ2n) is 2.61. The first-order valence-corrected chi connectivity index (χ1v) is 3.62. The van der Waals surface area contributed by atoms with Crippen LogP contribution in [0.3, 0.4) is 0 Å². The van der Waals surface area contributed by atoms with E-state index in [4.69, 9.17) is 0 Å². The summed E-state index contributed by atoms with van der Waals surface area (Å²) in [6.07, 6.45) is 0. The van der Waals surface area contributed by atoms with E-state index < -0.39 is 28.0 Å². The number of phenolic OH excluding ortho intramolecular Hbond substituents is 1. The van der Waals surface area contributed by atoms with Crippen LogP contribution in [0.4, 0.5) is 10.1 Å². The molecule has 1 aromatic rings. The van der Waals surface area contributed by atoms with Gasteiger partial charge in [0.25, 0.3) is 0 Å². The van der Waals surface area contributed by atoms with Crippen LogP contribution in [0.2, 0.25) is 0 Å². The second kappa shape index (κ2) is 3.41. The molecule has 0 aromatic heterocycles. The number of carbonyl (C=O) groups is 1. The van der Waals surface area contributed by atoms with Gasteiger partial charge in [0.2, 0.25) is 11.6 Å². The fourth-order valence-corrected chi connectivity index (χ4v) is 1.01. The molecule has 1 N–H and O–H groups in total. The zero-order valence-electron chi connectivity index (χ0n) is 7.15. The van der Waals surface area contributed by atoms with E-state index in [1.807, 2.05) is 0 Å². The summed E-state index contributed by atoms with van der Waals surface area (Å²) >= 11 is 0. The van der Waals surface area contributed by atoms with Crippen molar-refractivity contribution in [1.29, 1.82) is 0 Å². The Morgan fingerprint density at radius 1 is 1.57 bits per heavy atom. The minimum Gasteiger partial charge on any atom is -0.502 e. The Morgan fingerprint density at radius 3 is 2.57 bits per heavy atom. The van der Waals surface area contributed by atoms with E-state index >= 15 is 0 Å². The summed E-state index contributed by atoms with van der Waals surface area (Å²) in [5.41, 5.74) is -1.34. The summed E-state index contributed by atoms with van der Waals surface area (Å²) < 4.78 is 12.8. The molecule has 0 unspecified atom stereocenters. The normalized spacial score (nSPS) is 9.86. The molecule has 1 rings (SSSR count). The first kappa shape index (κ1) is 10.1. The average molecular weight is 199 g/mol. The second-order valence-corrected chi connectivity index (χ2v) is 2.61. The maximum absolute atomic E-state index is 12.8. The van der Waals surface area contributed by atoms with Crippen LogP contribution in [0.15, 0.2) is 12.1 Å². The number of phenols is 1. The number of nitrogens with zero attached hydrogens (tertiary/aromatic N) is 1. The van der Waals surface area contributed by atoms with Crippen molar-refractivity contribution < 1.29 is 19.2 Å². The summed E-state index contributed by atoms with van der Waals surface area (Å²) in [6.45, 7) is 1.12. The van der Waals surface area contributed by atoms with E-state index in [0.717, 1.165) is 19.1 Å². The molecule has 5 nitrogen and oxygen atoms in total. The first-order chi connectivity index (χ1) is 6.45. The lowest BCUT2D eigenvalue weighted by molar-refractivity contribution is -0.388. The van der Waals surface area contributed by atoms with Crippen molar-refractivity contribution in [3.05, 3.63) is 33.6 Å². The number of aromatic hydroxyl groups is 1. The van der Waals surface area contributed by atoms with Crippen LogP contribution in [0.1, 0.15) is 17.3 Å². The van der Waals surface area contributed by atoms with Crippen LogP contribution >= 0.6 is 0 Å². The van der Waals surface area contributed by atoms with E-state index in [1.54, 1.807) is 0 Å². The Labute approximate surface area is 77.9 Å². The summed E-state index contributed by atoms with van der Waals surface area (Å²) in [7, 11) is 0. The molecule has 0 radical (unpaired) electrons. The lowest BCUT2D eigenvalue weighted by Gasteiger charge is -2.01. The van der Waals surface area contributed by atoms with Crippen molar-refractivity contribution in [2.75, 3.05) is 0 Å². The quantitative estimate of drug-likeness (QED) is 0.446. The maximum Gasteiger partial charge on any atom is 0.346 e. The monoisotopic (exact) mass is 199 g/mol. The molecule has 0 fully saturated rings. The molecule has 6 heteroatoms. The summed E-state index contributed by atoms with van der Waals surface area (Å²) in [5.74, 6) is -2.66. The number of rotatable bonds is 2. The molecule has 0 spiro atoms. The number of carbonyl (C=O) groups excluding carboxylic acids is 1. The van der Waals surface area contributed by atoms with Crippen molar-refractivity contribution in [1.82, 2.24) is 0 Å². The van der Waals surface area contributed by atoms with Gasteiger partial charge in [-0.2, -0.15) is 4.39 Å². The Bertz CT molecular complexity index is 416. The van der Waals surface area contributed by atoms with Gasteiger partial charge in [0, 0.05) is 0 Å². The van der Waals surface area contributed by atoms with E-state index in [9.17, 15) is 24.4 Å². The molecule has 14 heavy (non-hydrogen) atoms. The van der Waals surface area contributed by atoms with E-state index in [0.29, 0.717) is 0 Å². The first-order valence-electron chi connectivity index (χ1n) is 3.62. The Morgan fingerprint density at radius 2 is 2.14 bits per heavy atom. The molecule has 0 saturated heterocycles. The van der Waals surface area contributed by atoms with Crippen LogP contribution in [0, 0.1) is 15.9 Å². The number of halogens is 1. The molecular weight excluding hydrogens is 193 g/mol. The topological polar surface area (TPSA) is 80.4 Å². The third-order valence-electron chi connectivity index (χ3n) is 1.66. The van der Waals surface area contributed by atoms with Gasteiger partial charge in [-0.15, -0.1) is 0 Å². The smallest absolute Gasteiger partial charge is 0.346 e. The molecule has 0 aliphatic rings. The highest BCUT2D eigenvalue weighted by Crippen LogP contribution is 2.32. The van der Waals surface area contributed by atoms with Gasteiger partial charge in [0.05, 0.1) is 10.5 Å². The summed E-state index contributed by atoms with van der Waals surface area (Å²) in [6, 6.07) is 1.77. The molecular formula is C8H6FNO4. The number of hydrogen-bond donors (Lipinski definition) is 1. The molecule has 0 bridgehead atoms. The largest absolute Gasteiger partial charge is 0.502 e. The van der Waals surface area contributed by atoms with Crippen molar-refractivity contribution in [3.63, 3.8) is 0 Å². The molecule has 0 heterocycles.